The Balaban J connectivity index is 1.75. The molecule has 0 fully saturated rings. The summed E-state index contributed by atoms with van der Waals surface area (Å²) in [5.74, 6) is 1.20. The third-order valence-electron chi connectivity index (χ3n) is 3.76. The molecule has 0 bridgehead atoms. The molecule has 0 aromatic heterocycles. The van der Waals surface area contributed by atoms with Crippen molar-refractivity contribution in [1.82, 2.24) is 0 Å². The van der Waals surface area contributed by atoms with Gasteiger partial charge >= 0.3 is 0 Å². The first-order valence-electron chi connectivity index (χ1n) is 8.59. The van der Waals surface area contributed by atoms with Crippen LogP contribution in [0.1, 0.15) is 29.3 Å². The smallest absolute Gasteiger partial charge is 0.150 e. The van der Waals surface area contributed by atoms with Crippen LogP contribution in [-0.2, 0) is 11.3 Å². The second kappa shape index (κ2) is 11.7. The van der Waals surface area contributed by atoms with E-state index in [1.54, 1.807) is 43.3 Å². The Morgan fingerprint density at radius 3 is 2.21 bits per heavy atom. The van der Waals surface area contributed by atoms with Crippen molar-refractivity contribution in [1.29, 1.82) is 0 Å². The Bertz CT molecular complexity index is 742. The third kappa shape index (κ3) is 7.34. The fraction of sp³-hybridized carbons (Fsp3) is 0.350. The van der Waals surface area contributed by atoms with Crippen molar-refractivity contribution < 1.29 is 19.0 Å². The lowest BCUT2D eigenvalue weighted by molar-refractivity contribution is 0.107. The molecule has 8 heteroatoms. The quantitative estimate of drug-likeness (QED) is 0.220. The van der Waals surface area contributed by atoms with Crippen LogP contribution >= 0.6 is 46.4 Å². The zero-order chi connectivity index (χ0) is 20.5. The second-order valence-electron chi connectivity index (χ2n) is 5.96. The van der Waals surface area contributed by atoms with Gasteiger partial charge in [-0.25, -0.2) is 0 Å². The first-order chi connectivity index (χ1) is 13.4. The van der Waals surface area contributed by atoms with Crippen LogP contribution in [0.5, 0.6) is 11.5 Å². The summed E-state index contributed by atoms with van der Waals surface area (Å²) in [5, 5.41) is 0.892. The topological polar surface area (TPSA) is 44.8 Å². The minimum Gasteiger partial charge on any atom is -0.494 e. The Labute approximate surface area is 184 Å². The van der Waals surface area contributed by atoms with Crippen LogP contribution in [0.2, 0.25) is 10.0 Å². The molecule has 2 aromatic carbocycles. The zero-order valence-electron chi connectivity index (χ0n) is 15.2. The van der Waals surface area contributed by atoms with Gasteiger partial charge in [-0.05, 0) is 43.3 Å². The minimum absolute atomic E-state index is 0.273. The lowest BCUT2D eigenvalue weighted by Crippen LogP contribution is -2.19. The summed E-state index contributed by atoms with van der Waals surface area (Å²) in [4.78, 5) is 9.95. The molecule has 0 N–H and O–H groups in total. The van der Waals surface area contributed by atoms with Gasteiger partial charge in [-0.1, -0.05) is 23.2 Å². The van der Waals surface area contributed by atoms with Gasteiger partial charge in [-0.15, -0.1) is 23.2 Å². The molecule has 0 aliphatic rings. The maximum atomic E-state index is 10.6. The van der Waals surface area contributed by atoms with Gasteiger partial charge < -0.3 is 14.2 Å². The molecule has 0 saturated carbocycles. The van der Waals surface area contributed by atoms with Crippen LogP contribution in [0.15, 0.2) is 36.4 Å². The standard InChI is InChI=1S/C20H20Cl4O4/c1-13(20(23)24)28-16-9-18(21)17(19(22)10-16)12-26-7-2-8-27-15-5-3-14(11-25)4-6-15/h3-6,9-11,13,20H,2,7-8,12H2,1H3. The van der Waals surface area contributed by atoms with Crippen LogP contribution in [0.25, 0.3) is 0 Å². The summed E-state index contributed by atoms with van der Waals surface area (Å²) >= 11 is 24.1. The molecule has 0 aliphatic carbocycles. The highest BCUT2D eigenvalue weighted by atomic mass is 35.5. The van der Waals surface area contributed by atoms with E-state index in [0.29, 0.717) is 52.3 Å². The Morgan fingerprint density at radius 2 is 1.64 bits per heavy atom. The molecule has 0 amide bonds. The third-order valence-corrected chi connectivity index (χ3v) is 5.14. The van der Waals surface area contributed by atoms with Gasteiger partial charge in [0.15, 0.2) is 0 Å². The van der Waals surface area contributed by atoms with Crippen LogP contribution < -0.4 is 9.47 Å². The number of carbonyl (C=O) groups is 1. The second-order valence-corrected chi connectivity index (χ2v) is 7.94. The first-order valence-corrected chi connectivity index (χ1v) is 10.2. The van der Waals surface area contributed by atoms with Crippen molar-refractivity contribution in [3.05, 3.63) is 57.6 Å². The van der Waals surface area contributed by atoms with E-state index in [0.717, 1.165) is 6.29 Å². The first kappa shape index (κ1) is 23.1. The summed E-state index contributed by atoms with van der Waals surface area (Å²) < 4.78 is 16.8. The van der Waals surface area contributed by atoms with Gasteiger partial charge in [0.05, 0.1) is 29.9 Å². The average Bonchev–Trinajstić information content (AvgIpc) is 2.66. The molecule has 0 heterocycles. The van der Waals surface area contributed by atoms with Crippen molar-refractivity contribution in [2.24, 2.45) is 0 Å². The van der Waals surface area contributed by atoms with Crippen LogP contribution in [-0.4, -0.2) is 30.4 Å². The van der Waals surface area contributed by atoms with Gasteiger partial charge in [0.1, 0.15) is 28.7 Å². The Kier molecular flexibility index (Phi) is 9.69. The highest BCUT2D eigenvalue weighted by Crippen LogP contribution is 2.32. The van der Waals surface area contributed by atoms with Crippen LogP contribution in [0.3, 0.4) is 0 Å². The van der Waals surface area contributed by atoms with Crippen molar-refractivity contribution in [3.63, 3.8) is 0 Å². The fourth-order valence-corrected chi connectivity index (χ4v) is 2.90. The zero-order valence-corrected chi connectivity index (χ0v) is 18.2. The summed E-state index contributed by atoms with van der Waals surface area (Å²) in [7, 11) is 0. The Hall–Kier alpha value is -1.17. The number of halogens is 4. The molecular formula is C20H20Cl4O4. The number of hydrogen-bond acceptors (Lipinski definition) is 4. The minimum atomic E-state index is -0.661. The molecule has 1 atom stereocenters. The number of ether oxygens (including phenoxy) is 3. The summed E-state index contributed by atoms with van der Waals surface area (Å²) in [6, 6.07) is 10.2. The van der Waals surface area contributed by atoms with Crippen molar-refractivity contribution in [3.8, 4) is 11.5 Å². The van der Waals surface area contributed by atoms with E-state index in [4.69, 9.17) is 60.6 Å². The molecule has 0 spiro atoms. The molecule has 2 rings (SSSR count). The number of alkyl halides is 2. The maximum Gasteiger partial charge on any atom is 0.150 e. The van der Waals surface area contributed by atoms with E-state index in [9.17, 15) is 4.79 Å². The van der Waals surface area contributed by atoms with Crippen molar-refractivity contribution >= 4 is 52.7 Å². The fourth-order valence-electron chi connectivity index (χ4n) is 2.22. The van der Waals surface area contributed by atoms with Crippen molar-refractivity contribution in [2.45, 2.75) is 30.9 Å². The summed E-state index contributed by atoms with van der Waals surface area (Å²) in [5.41, 5.74) is 1.29. The van der Waals surface area contributed by atoms with Gasteiger partial charge in [0.25, 0.3) is 0 Å². The average molecular weight is 466 g/mol. The van der Waals surface area contributed by atoms with E-state index in [2.05, 4.69) is 0 Å². The van der Waals surface area contributed by atoms with Gasteiger partial charge in [0, 0.05) is 17.5 Å². The highest BCUT2D eigenvalue weighted by Gasteiger charge is 2.15. The lowest BCUT2D eigenvalue weighted by atomic mass is 10.2. The number of benzene rings is 2. The predicted octanol–water partition coefficient (Wildman–Crippen LogP) is 6.36. The molecule has 0 aliphatic heterocycles. The molecule has 4 nitrogen and oxygen atoms in total. The van der Waals surface area contributed by atoms with Crippen LogP contribution in [0.4, 0.5) is 0 Å². The van der Waals surface area contributed by atoms with E-state index in [-0.39, 0.29) is 6.61 Å². The normalized spacial score (nSPS) is 12.1. The Morgan fingerprint density at radius 1 is 1.00 bits per heavy atom. The summed E-state index contributed by atoms with van der Waals surface area (Å²) in [6.07, 6.45) is 1.09. The number of rotatable bonds is 11. The predicted molar refractivity (Wildman–Crippen MR) is 114 cm³/mol. The SMILES string of the molecule is CC(Oc1cc(Cl)c(COCCCOc2ccc(C=O)cc2)c(Cl)c1)C(Cl)Cl. The largest absolute Gasteiger partial charge is 0.494 e. The van der Waals surface area contributed by atoms with Gasteiger partial charge in [-0.3, -0.25) is 4.79 Å². The summed E-state index contributed by atoms with van der Waals surface area (Å²) in [6.45, 7) is 3.00. The lowest BCUT2D eigenvalue weighted by Gasteiger charge is -2.17. The van der Waals surface area contributed by atoms with E-state index < -0.39 is 10.9 Å². The van der Waals surface area contributed by atoms with Crippen molar-refractivity contribution in [2.75, 3.05) is 13.2 Å². The maximum absolute atomic E-state index is 10.6. The van der Waals surface area contributed by atoms with Gasteiger partial charge in [-0.2, -0.15) is 0 Å². The molecule has 28 heavy (non-hydrogen) atoms. The number of carbonyl (C=O) groups excluding carboxylic acids is 1. The molecule has 152 valence electrons. The number of aldehydes is 1. The monoisotopic (exact) mass is 464 g/mol. The molecule has 1 unspecified atom stereocenters. The number of hydrogen-bond donors (Lipinski definition) is 0. The molecular weight excluding hydrogens is 446 g/mol. The highest BCUT2D eigenvalue weighted by molar-refractivity contribution is 6.44. The molecule has 2 aromatic rings. The van der Waals surface area contributed by atoms with E-state index in [1.165, 1.54) is 0 Å². The van der Waals surface area contributed by atoms with E-state index >= 15 is 0 Å². The molecule has 0 saturated heterocycles. The molecule has 0 radical (unpaired) electrons. The van der Waals surface area contributed by atoms with E-state index in [1.807, 2.05) is 0 Å². The van der Waals surface area contributed by atoms with Gasteiger partial charge in [0.2, 0.25) is 0 Å². The van der Waals surface area contributed by atoms with Crippen LogP contribution in [0, 0.1) is 0 Å².